The van der Waals surface area contributed by atoms with Gasteiger partial charge in [0.1, 0.15) is 5.15 Å². The summed E-state index contributed by atoms with van der Waals surface area (Å²) in [6.45, 7) is 2.74. The minimum Gasteiger partial charge on any atom is -0.379 e. The summed E-state index contributed by atoms with van der Waals surface area (Å²) in [4.78, 5) is 30.7. The largest absolute Gasteiger partial charge is 0.379 e. The lowest BCUT2D eigenvalue weighted by molar-refractivity contribution is -0.384. The van der Waals surface area contributed by atoms with Gasteiger partial charge in [-0.25, -0.2) is 4.98 Å². The van der Waals surface area contributed by atoms with E-state index in [1.807, 2.05) is 11.0 Å². The maximum absolute atomic E-state index is 12.9. The van der Waals surface area contributed by atoms with Gasteiger partial charge in [0, 0.05) is 40.8 Å². The number of pyridine rings is 1. The number of hydrogen-bond donors (Lipinski definition) is 1. The highest BCUT2D eigenvalue weighted by Gasteiger charge is 2.19. The number of hydrogen-bond acceptors (Lipinski definition) is 6. The molecule has 5 rings (SSSR count). The highest BCUT2D eigenvalue weighted by Crippen LogP contribution is 2.38. The van der Waals surface area contributed by atoms with Crippen molar-refractivity contribution in [3.05, 3.63) is 87.0 Å². The number of morpholine rings is 1. The quantitative estimate of drug-likeness (QED) is 0.183. The Hall–Kier alpha value is -3.56. The number of para-hydroxylation sites is 1. The predicted molar refractivity (Wildman–Crippen MR) is 145 cm³/mol. The van der Waals surface area contributed by atoms with Crippen LogP contribution in [0.5, 0.6) is 0 Å². The van der Waals surface area contributed by atoms with Crippen molar-refractivity contribution in [1.82, 2.24) is 9.88 Å². The number of ether oxygens (including phenoxy) is 1. The van der Waals surface area contributed by atoms with Crippen LogP contribution in [0.3, 0.4) is 0 Å². The summed E-state index contributed by atoms with van der Waals surface area (Å²) in [5.41, 5.74) is 3.38. The number of nitrogens with zero attached hydrogens (tertiary/aromatic N) is 3. The number of nitrogens with one attached hydrogen (secondary N) is 1. The monoisotopic (exact) mass is 536 g/mol. The van der Waals surface area contributed by atoms with Crippen molar-refractivity contribution in [1.29, 1.82) is 0 Å². The summed E-state index contributed by atoms with van der Waals surface area (Å²) in [6, 6.07) is 19.0. The highest BCUT2D eigenvalue weighted by molar-refractivity contribution is 6.33. The van der Waals surface area contributed by atoms with Gasteiger partial charge in [0.05, 0.1) is 35.8 Å². The molecule has 0 bridgehead atoms. The second kappa shape index (κ2) is 10.8. The number of rotatable bonds is 6. The molecule has 1 saturated heterocycles. The molecule has 37 heavy (non-hydrogen) atoms. The predicted octanol–water partition coefficient (Wildman–Crippen LogP) is 6.05. The van der Waals surface area contributed by atoms with E-state index in [1.165, 1.54) is 6.07 Å². The zero-order valence-electron chi connectivity index (χ0n) is 19.6. The number of nitro groups is 1. The molecule has 1 aliphatic heterocycles. The Morgan fingerprint density at radius 1 is 1.00 bits per heavy atom. The van der Waals surface area contributed by atoms with E-state index in [4.69, 9.17) is 27.9 Å². The molecule has 0 saturated carbocycles. The molecule has 1 aliphatic rings. The zero-order chi connectivity index (χ0) is 25.9. The van der Waals surface area contributed by atoms with Gasteiger partial charge < -0.3 is 10.1 Å². The summed E-state index contributed by atoms with van der Waals surface area (Å²) >= 11 is 12.8. The van der Waals surface area contributed by atoms with E-state index in [9.17, 15) is 14.9 Å². The molecular weight excluding hydrogens is 515 g/mol. The number of fused-ring (bicyclic) bond motifs is 1. The zero-order valence-corrected chi connectivity index (χ0v) is 21.1. The molecule has 1 aromatic heterocycles. The maximum Gasteiger partial charge on any atom is 0.277 e. The Bertz CT molecular complexity index is 1510. The second-order valence-corrected chi connectivity index (χ2v) is 9.47. The molecule has 1 N–H and O–H groups in total. The molecule has 1 amide bonds. The number of nitro benzene ring substituents is 1. The molecule has 0 spiro atoms. The summed E-state index contributed by atoms with van der Waals surface area (Å²) in [5, 5.41) is 16.3. The Morgan fingerprint density at radius 2 is 1.73 bits per heavy atom. The molecule has 0 atom stereocenters. The van der Waals surface area contributed by atoms with Crippen molar-refractivity contribution in [2.24, 2.45) is 0 Å². The number of benzene rings is 3. The molecule has 0 unspecified atom stereocenters. The van der Waals surface area contributed by atoms with Gasteiger partial charge in [-0.2, -0.15) is 0 Å². The van der Waals surface area contributed by atoms with Crippen LogP contribution in [0.25, 0.3) is 33.2 Å². The van der Waals surface area contributed by atoms with Crippen LogP contribution in [-0.4, -0.2) is 53.6 Å². The normalized spacial score (nSPS) is 14.0. The van der Waals surface area contributed by atoms with Gasteiger partial charge in [0.15, 0.2) is 0 Å². The van der Waals surface area contributed by atoms with E-state index in [0.717, 1.165) is 5.39 Å². The van der Waals surface area contributed by atoms with Gasteiger partial charge in [0.2, 0.25) is 5.91 Å². The fourth-order valence-electron chi connectivity index (χ4n) is 4.38. The fourth-order valence-corrected chi connectivity index (χ4v) is 4.81. The van der Waals surface area contributed by atoms with Crippen LogP contribution in [0.15, 0.2) is 66.7 Å². The van der Waals surface area contributed by atoms with Crippen molar-refractivity contribution in [3.63, 3.8) is 0 Å². The smallest absolute Gasteiger partial charge is 0.277 e. The van der Waals surface area contributed by atoms with E-state index in [-0.39, 0.29) is 23.3 Å². The Labute approximate surface area is 222 Å². The molecule has 3 aromatic carbocycles. The van der Waals surface area contributed by atoms with Crippen LogP contribution in [-0.2, 0) is 9.53 Å². The summed E-state index contributed by atoms with van der Waals surface area (Å²) < 4.78 is 5.35. The molecule has 4 aromatic rings. The van der Waals surface area contributed by atoms with E-state index in [0.29, 0.717) is 64.8 Å². The summed E-state index contributed by atoms with van der Waals surface area (Å²) in [6.07, 6.45) is 0. The van der Waals surface area contributed by atoms with Crippen LogP contribution >= 0.6 is 23.2 Å². The van der Waals surface area contributed by atoms with Gasteiger partial charge >= 0.3 is 0 Å². The second-order valence-electron chi connectivity index (χ2n) is 8.67. The lowest BCUT2D eigenvalue weighted by Crippen LogP contribution is -2.41. The maximum atomic E-state index is 12.9. The lowest BCUT2D eigenvalue weighted by Gasteiger charge is -2.25. The molecular formula is C27H22Cl2N4O4. The first-order chi connectivity index (χ1) is 17.9. The average molecular weight is 537 g/mol. The standard InChI is InChI=1S/C27H22Cl2N4O4/c28-20-5-6-24-19(12-20)15-23(27(29)31-24)18-11-17(22-3-1-2-4-25(22)33(35)36)13-21(14-18)30-26(34)16-32-7-9-37-10-8-32/h1-6,11-15H,7-10,16H2,(H,30,34). The highest BCUT2D eigenvalue weighted by atomic mass is 35.5. The third-order valence-electron chi connectivity index (χ3n) is 6.14. The Balaban J connectivity index is 1.59. The van der Waals surface area contributed by atoms with Gasteiger partial charge in [-0.05, 0) is 59.7 Å². The number of aromatic nitrogens is 1. The van der Waals surface area contributed by atoms with Crippen LogP contribution in [0.4, 0.5) is 11.4 Å². The molecule has 10 heteroatoms. The first-order valence-electron chi connectivity index (χ1n) is 11.6. The van der Waals surface area contributed by atoms with Crippen molar-refractivity contribution in [2.45, 2.75) is 0 Å². The first kappa shape index (κ1) is 25.1. The molecule has 188 valence electrons. The molecule has 0 aliphatic carbocycles. The van der Waals surface area contributed by atoms with E-state index < -0.39 is 4.92 Å². The summed E-state index contributed by atoms with van der Waals surface area (Å²) in [7, 11) is 0. The van der Waals surface area contributed by atoms with E-state index in [1.54, 1.807) is 54.6 Å². The first-order valence-corrected chi connectivity index (χ1v) is 12.4. The minimum atomic E-state index is -0.425. The summed E-state index contributed by atoms with van der Waals surface area (Å²) in [5.74, 6) is -0.193. The molecule has 1 fully saturated rings. The third kappa shape index (κ3) is 5.73. The number of amides is 1. The van der Waals surface area contributed by atoms with Crippen LogP contribution in [0, 0.1) is 10.1 Å². The van der Waals surface area contributed by atoms with Crippen LogP contribution < -0.4 is 5.32 Å². The fraction of sp³-hybridized carbons (Fsp3) is 0.185. The molecule has 2 heterocycles. The molecule has 0 radical (unpaired) electrons. The van der Waals surface area contributed by atoms with Gasteiger partial charge in [-0.1, -0.05) is 35.3 Å². The van der Waals surface area contributed by atoms with Crippen molar-refractivity contribution >= 4 is 51.4 Å². The number of carbonyl (C=O) groups is 1. The van der Waals surface area contributed by atoms with Crippen molar-refractivity contribution in [2.75, 3.05) is 38.2 Å². The molecule has 8 nitrogen and oxygen atoms in total. The topological polar surface area (TPSA) is 97.6 Å². The van der Waals surface area contributed by atoms with Gasteiger partial charge in [-0.3, -0.25) is 19.8 Å². The Morgan fingerprint density at radius 3 is 2.49 bits per heavy atom. The third-order valence-corrected chi connectivity index (χ3v) is 6.66. The number of carbonyl (C=O) groups excluding carboxylic acids is 1. The van der Waals surface area contributed by atoms with E-state index in [2.05, 4.69) is 10.3 Å². The van der Waals surface area contributed by atoms with Crippen molar-refractivity contribution < 1.29 is 14.5 Å². The SMILES string of the molecule is O=C(CN1CCOCC1)Nc1cc(-c2ccccc2[N+](=O)[O-])cc(-c2cc3cc(Cl)ccc3nc2Cl)c1. The van der Waals surface area contributed by atoms with Crippen molar-refractivity contribution in [3.8, 4) is 22.3 Å². The Kier molecular flexibility index (Phi) is 7.34. The number of anilines is 1. The minimum absolute atomic E-state index is 0.0419. The lowest BCUT2D eigenvalue weighted by atomic mass is 9.97. The average Bonchev–Trinajstić information content (AvgIpc) is 2.89. The van der Waals surface area contributed by atoms with Gasteiger partial charge in [-0.15, -0.1) is 0 Å². The van der Waals surface area contributed by atoms with Crippen LogP contribution in [0.2, 0.25) is 10.2 Å². The van der Waals surface area contributed by atoms with Crippen LogP contribution in [0.1, 0.15) is 0 Å². The number of halogens is 2. The van der Waals surface area contributed by atoms with E-state index >= 15 is 0 Å². The van der Waals surface area contributed by atoms with Gasteiger partial charge in [0.25, 0.3) is 5.69 Å².